The lowest BCUT2D eigenvalue weighted by molar-refractivity contribution is 0.592. The van der Waals surface area contributed by atoms with Gasteiger partial charge in [0.2, 0.25) is 0 Å². The zero-order valence-corrected chi connectivity index (χ0v) is 15.2. The summed E-state index contributed by atoms with van der Waals surface area (Å²) in [6.45, 7) is 7.30. The molecule has 0 bridgehead atoms. The van der Waals surface area contributed by atoms with E-state index in [1.165, 1.54) is 16.8 Å². The maximum absolute atomic E-state index is 6.27. The monoisotopic (exact) mass is 368 g/mol. The molecule has 114 valence electrons. The van der Waals surface area contributed by atoms with Gasteiger partial charge in [0.05, 0.1) is 15.9 Å². The van der Waals surface area contributed by atoms with E-state index in [1.807, 2.05) is 0 Å². The number of aromatic nitrogens is 2. The number of rotatable bonds is 6. The Bertz CT molecular complexity index is 607. The van der Waals surface area contributed by atoms with Crippen LogP contribution in [0.1, 0.15) is 42.3 Å². The molecule has 1 aromatic carbocycles. The Balaban J connectivity index is 2.35. The van der Waals surface area contributed by atoms with Crippen LogP contribution in [0.2, 0.25) is 0 Å². The summed E-state index contributed by atoms with van der Waals surface area (Å²) in [5.41, 5.74) is 5.02. The van der Waals surface area contributed by atoms with Crippen LogP contribution in [0.5, 0.6) is 0 Å². The summed E-state index contributed by atoms with van der Waals surface area (Å²) in [6.07, 6.45) is 1.85. The summed E-state index contributed by atoms with van der Waals surface area (Å²) < 4.78 is 3.25. The molecule has 1 atom stereocenters. The van der Waals surface area contributed by atoms with Gasteiger partial charge < -0.3 is 0 Å². The van der Waals surface area contributed by atoms with E-state index in [4.69, 9.17) is 11.6 Å². The fourth-order valence-corrected chi connectivity index (χ4v) is 3.74. The minimum absolute atomic E-state index is 0.316. The molecule has 0 N–H and O–H groups in total. The number of hydrogen-bond acceptors (Lipinski definition) is 1. The van der Waals surface area contributed by atoms with Crippen molar-refractivity contribution in [2.75, 3.05) is 5.88 Å². The van der Waals surface area contributed by atoms with Crippen molar-refractivity contribution in [3.63, 3.8) is 0 Å². The van der Waals surface area contributed by atoms with Gasteiger partial charge in [-0.05, 0) is 53.7 Å². The van der Waals surface area contributed by atoms with Crippen LogP contribution in [0.3, 0.4) is 0 Å². The predicted octanol–water partition coefficient (Wildman–Crippen LogP) is 5.10. The third kappa shape index (κ3) is 3.51. The van der Waals surface area contributed by atoms with Gasteiger partial charge in [-0.2, -0.15) is 5.10 Å². The molecule has 2 rings (SSSR count). The topological polar surface area (TPSA) is 17.8 Å². The highest BCUT2D eigenvalue weighted by Crippen LogP contribution is 2.30. The number of hydrogen-bond donors (Lipinski definition) is 0. The molecule has 0 aliphatic rings. The molecule has 1 unspecified atom stereocenters. The number of halogens is 2. The minimum atomic E-state index is 0.316. The van der Waals surface area contributed by atoms with Crippen LogP contribution < -0.4 is 0 Å². The summed E-state index contributed by atoms with van der Waals surface area (Å²) in [6, 6.07) is 8.50. The fraction of sp³-hybridized carbons (Fsp3) is 0.471. The highest BCUT2D eigenvalue weighted by molar-refractivity contribution is 9.10. The third-order valence-electron chi connectivity index (χ3n) is 3.95. The predicted molar refractivity (Wildman–Crippen MR) is 93.3 cm³/mol. The number of aryl methyl sites for hydroxylation is 3. The van der Waals surface area contributed by atoms with Gasteiger partial charge in [-0.15, -0.1) is 11.6 Å². The quantitative estimate of drug-likeness (QED) is 0.648. The van der Waals surface area contributed by atoms with E-state index < -0.39 is 0 Å². The molecule has 2 aromatic rings. The lowest BCUT2D eigenvalue weighted by atomic mass is 9.92. The molecule has 0 spiro atoms. The molecule has 0 aliphatic carbocycles. The summed E-state index contributed by atoms with van der Waals surface area (Å²) in [5, 5.41) is 4.68. The van der Waals surface area contributed by atoms with E-state index in [0.717, 1.165) is 29.6 Å². The molecule has 21 heavy (non-hydrogen) atoms. The van der Waals surface area contributed by atoms with E-state index in [1.54, 1.807) is 0 Å². The highest BCUT2D eigenvalue weighted by Gasteiger charge is 2.20. The first-order valence-electron chi connectivity index (χ1n) is 7.47. The molecule has 0 saturated heterocycles. The van der Waals surface area contributed by atoms with Crippen LogP contribution in [0.4, 0.5) is 0 Å². The fourth-order valence-electron chi connectivity index (χ4n) is 2.74. The Morgan fingerprint density at radius 1 is 1.29 bits per heavy atom. The lowest BCUT2D eigenvalue weighted by Gasteiger charge is -2.17. The van der Waals surface area contributed by atoms with E-state index in [0.29, 0.717) is 11.8 Å². The van der Waals surface area contributed by atoms with Crippen LogP contribution in [-0.2, 0) is 19.4 Å². The van der Waals surface area contributed by atoms with Crippen LogP contribution in [0.15, 0.2) is 28.7 Å². The molecular formula is C17H22BrClN2. The number of alkyl halides is 1. The smallest absolute Gasteiger partial charge is 0.0766 e. The lowest BCUT2D eigenvalue weighted by Crippen LogP contribution is -2.11. The largest absolute Gasteiger partial charge is 0.268 e. The van der Waals surface area contributed by atoms with E-state index >= 15 is 0 Å². The molecule has 0 saturated carbocycles. The highest BCUT2D eigenvalue weighted by atomic mass is 79.9. The van der Waals surface area contributed by atoms with E-state index in [9.17, 15) is 0 Å². The van der Waals surface area contributed by atoms with Gasteiger partial charge in [-0.25, -0.2) is 0 Å². The van der Waals surface area contributed by atoms with Crippen molar-refractivity contribution in [1.82, 2.24) is 9.78 Å². The zero-order valence-electron chi connectivity index (χ0n) is 12.9. The third-order valence-corrected chi connectivity index (χ3v) is 5.24. The first-order chi connectivity index (χ1) is 10.1. The molecule has 0 aliphatic heterocycles. The molecule has 0 radical (unpaired) electrons. The molecule has 4 heteroatoms. The molecule has 0 amide bonds. The van der Waals surface area contributed by atoms with Crippen molar-refractivity contribution < 1.29 is 0 Å². The zero-order chi connectivity index (χ0) is 15.4. The Kier molecular flexibility index (Phi) is 5.88. The molecule has 2 nitrogen and oxygen atoms in total. The van der Waals surface area contributed by atoms with Crippen LogP contribution in [0.25, 0.3) is 0 Å². The second kappa shape index (κ2) is 7.46. The average molecular weight is 370 g/mol. The first-order valence-corrected chi connectivity index (χ1v) is 8.80. The van der Waals surface area contributed by atoms with Crippen molar-refractivity contribution in [2.45, 2.75) is 46.1 Å². The number of benzene rings is 1. The minimum Gasteiger partial charge on any atom is -0.268 e. The van der Waals surface area contributed by atoms with E-state index in [2.05, 4.69) is 70.7 Å². The molecule has 0 fully saturated rings. The van der Waals surface area contributed by atoms with Gasteiger partial charge in [-0.3, -0.25) is 4.68 Å². The van der Waals surface area contributed by atoms with Crippen LogP contribution in [-0.4, -0.2) is 15.7 Å². The van der Waals surface area contributed by atoms with Crippen molar-refractivity contribution in [3.05, 3.63) is 51.3 Å². The van der Waals surface area contributed by atoms with Gasteiger partial charge in [0.1, 0.15) is 0 Å². The van der Waals surface area contributed by atoms with Crippen LogP contribution >= 0.6 is 27.5 Å². The average Bonchev–Trinajstić information content (AvgIpc) is 2.81. The SMILES string of the molecule is CCc1nn(CC)c(CC(CCl)c2ccccc2C)c1Br. The summed E-state index contributed by atoms with van der Waals surface area (Å²) in [4.78, 5) is 0. The van der Waals surface area contributed by atoms with Crippen molar-refractivity contribution in [2.24, 2.45) is 0 Å². The second-order valence-electron chi connectivity index (χ2n) is 5.29. The van der Waals surface area contributed by atoms with Crippen molar-refractivity contribution in [3.8, 4) is 0 Å². The van der Waals surface area contributed by atoms with Gasteiger partial charge >= 0.3 is 0 Å². The van der Waals surface area contributed by atoms with Crippen LogP contribution in [0, 0.1) is 6.92 Å². The molecule has 1 heterocycles. The second-order valence-corrected chi connectivity index (χ2v) is 6.39. The normalized spacial score (nSPS) is 12.6. The van der Waals surface area contributed by atoms with Gasteiger partial charge in [-0.1, -0.05) is 31.2 Å². The summed E-state index contributed by atoms with van der Waals surface area (Å²) in [5.74, 6) is 0.934. The summed E-state index contributed by atoms with van der Waals surface area (Å²) >= 11 is 9.99. The Labute approximate surface area is 140 Å². The first kappa shape index (κ1) is 16.6. The maximum Gasteiger partial charge on any atom is 0.0766 e. The van der Waals surface area contributed by atoms with Crippen molar-refractivity contribution >= 4 is 27.5 Å². The number of nitrogens with zero attached hydrogens (tertiary/aromatic N) is 2. The van der Waals surface area contributed by atoms with Gasteiger partial charge in [0.15, 0.2) is 0 Å². The van der Waals surface area contributed by atoms with Crippen molar-refractivity contribution in [1.29, 1.82) is 0 Å². The van der Waals surface area contributed by atoms with Gasteiger partial charge in [0, 0.05) is 18.3 Å². The Morgan fingerprint density at radius 2 is 2.00 bits per heavy atom. The molecular weight excluding hydrogens is 348 g/mol. The molecule has 1 aromatic heterocycles. The standard InChI is InChI=1S/C17H22BrClN2/c1-4-15-17(18)16(21(5-2)20-15)10-13(11-19)14-9-7-6-8-12(14)3/h6-9,13H,4-5,10-11H2,1-3H3. The summed E-state index contributed by atoms with van der Waals surface area (Å²) in [7, 11) is 0. The van der Waals surface area contributed by atoms with E-state index in [-0.39, 0.29) is 0 Å². The maximum atomic E-state index is 6.27. The Morgan fingerprint density at radius 3 is 2.57 bits per heavy atom. The Hall–Kier alpha value is -0.800. The van der Waals surface area contributed by atoms with Gasteiger partial charge in [0.25, 0.3) is 0 Å².